The molecule has 0 bridgehead atoms. The zero-order valence-corrected chi connectivity index (χ0v) is 22.9. The van der Waals surface area contributed by atoms with Crippen LogP contribution in [0.3, 0.4) is 0 Å². The first-order chi connectivity index (χ1) is 19.2. The quantitative estimate of drug-likeness (QED) is 0.163. The van der Waals surface area contributed by atoms with E-state index >= 15 is 0 Å². The Labute approximate surface area is 231 Å². The van der Waals surface area contributed by atoms with Crippen molar-refractivity contribution in [3.63, 3.8) is 0 Å². The molecule has 40 heavy (non-hydrogen) atoms. The molecule has 1 aliphatic rings. The van der Waals surface area contributed by atoms with Crippen molar-refractivity contribution in [3.8, 4) is 5.75 Å². The molecule has 0 radical (unpaired) electrons. The maximum atomic E-state index is 13.4. The number of hydrogen-bond donors (Lipinski definition) is 0. The Morgan fingerprint density at radius 3 is 2.40 bits per heavy atom. The molecule has 212 valence electrons. The van der Waals surface area contributed by atoms with Crippen LogP contribution in [0.5, 0.6) is 5.75 Å². The summed E-state index contributed by atoms with van der Waals surface area (Å²) in [5.74, 6) is -3.06. The Morgan fingerprint density at radius 2 is 1.75 bits per heavy atom. The zero-order valence-electron chi connectivity index (χ0n) is 22.9. The fraction of sp³-hybridized carbons (Fsp3) is 0.379. The highest BCUT2D eigenvalue weighted by Crippen LogP contribution is 2.41. The van der Waals surface area contributed by atoms with E-state index in [0.717, 1.165) is 5.56 Å². The minimum Gasteiger partial charge on any atom is -0.482 e. The van der Waals surface area contributed by atoms with Crippen molar-refractivity contribution in [1.82, 2.24) is 0 Å². The lowest BCUT2D eigenvalue weighted by atomic mass is 9.75. The van der Waals surface area contributed by atoms with Crippen molar-refractivity contribution in [3.05, 3.63) is 81.0 Å². The molecule has 0 spiro atoms. The van der Waals surface area contributed by atoms with E-state index in [2.05, 4.69) is 9.73 Å². The van der Waals surface area contributed by atoms with Crippen LogP contribution in [0, 0.1) is 16.0 Å². The molecule has 1 aliphatic heterocycles. The summed E-state index contributed by atoms with van der Waals surface area (Å²) < 4.78 is 20.9. The highest BCUT2D eigenvalue weighted by molar-refractivity contribution is 6.07. The first kappa shape index (κ1) is 30.0. The third-order valence-electron chi connectivity index (χ3n) is 6.32. The number of non-ortho nitro benzene ring substituents is 1. The normalized spacial score (nSPS) is 16.6. The van der Waals surface area contributed by atoms with Gasteiger partial charge in [0.1, 0.15) is 11.7 Å². The predicted octanol–water partition coefficient (Wildman–Crippen LogP) is 4.33. The number of nitrogens with zero attached hydrogens (tertiary/aromatic N) is 2. The summed E-state index contributed by atoms with van der Waals surface area (Å²) >= 11 is 0. The van der Waals surface area contributed by atoms with E-state index in [1.807, 2.05) is 6.92 Å². The lowest BCUT2D eigenvalue weighted by Crippen LogP contribution is -2.36. The molecule has 2 aromatic rings. The van der Waals surface area contributed by atoms with Gasteiger partial charge in [-0.05, 0) is 43.5 Å². The third kappa shape index (κ3) is 7.52. The van der Waals surface area contributed by atoms with Gasteiger partial charge in [-0.25, -0.2) is 9.59 Å². The number of methoxy groups -OCH3 is 1. The summed E-state index contributed by atoms with van der Waals surface area (Å²) in [6.45, 7) is 5.20. The van der Waals surface area contributed by atoms with Gasteiger partial charge in [0.05, 0.1) is 30.8 Å². The van der Waals surface area contributed by atoms with Gasteiger partial charge in [-0.15, -0.1) is 0 Å². The van der Waals surface area contributed by atoms with Crippen LogP contribution in [0.25, 0.3) is 0 Å². The third-order valence-corrected chi connectivity index (χ3v) is 6.32. The number of carbonyl (C=O) groups excluding carboxylic acids is 3. The van der Waals surface area contributed by atoms with E-state index in [0.29, 0.717) is 35.6 Å². The average molecular weight is 553 g/mol. The number of benzene rings is 2. The van der Waals surface area contributed by atoms with Gasteiger partial charge in [-0.3, -0.25) is 19.9 Å². The summed E-state index contributed by atoms with van der Waals surface area (Å²) in [6, 6.07) is 12.8. The topological polar surface area (TPSA) is 144 Å². The number of allylic oxidation sites excluding steroid dienone is 1. The van der Waals surface area contributed by atoms with Gasteiger partial charge in [-0.2, -0.15) is 0 Å². The molecular weight excluding hydrogens is 520 g/mol. The van der Waals surface area contributed by atoms with Gasteiger partial charge in [0.25, 0.3) is 5.69 Å². The average Bonchev–Trinajstić information content (AvgIpc) is 2.94. The first-order valence-corrected chi connectivity index (χ1v) is 12.8. The minimum absolute atomic E-state index is 0.0350. The van der Waals surface area contributed by atoms with Crippen molar-refractivity contribution in [2.24, 2.45) is 10.9 Å². The molecule has 0 aliphatic carbocycles. The monoisotopic (exact) mass is 552 g/mol. The molecule has 0 fully saturated rings. The Kier molecular flexibility index (Phi) is 10.5. The van der Waals surface area contributed by atoms with Crippen molar-refractivity contribution in [2.45, 2.75) is 39.5 Å². The van der Waals surface area contributed by atoms with Crippen LogP contribution in [-0.4, -0.2) is 55.5 Å². The number of aliphatic imine (C=N–C) groups is 1. The second kappa shape index (κ2) is 14.0. The van der Waals surface area contributed by atoms with E-state index in [9.17, 15) is 24.5 Å². The van der Waals surface area contributed by atoms with Gasteiger partial charge in [0.15, 0.2) is 6.61 Å². The van der Waals surface area contributed by atoms with Gasteiger partial charge < -0.3 is 18.9 Å². The summed E-state index contributed by atoms with van der Waals surface area (Å²) in [5, 5.41) is 11.5. The van der Waals surface area contributed by atoms with Crippen LogP contribution in [0.2, 0.25) is 0 Å². The number of carbonyl (C=O) groups is 3. The Hall–Kier alpha value is -4.54. The predicted molar refractivity (Wildman–Crippen MR) is 145 cm³/mol. The molecule has 0 N–H and O–H groups in total. The summed E-state index contributed by atoms with van der Waals surface area (Å²) in [4.78, 5) is 53.2. The maximum Gasteiger partial charge on any atom is 0.343 e. The van der Waals surface area contributed by atoms with Crippen molar-refractivity contribution in [1.29, 1.82) is 0 Å². The lowest BCUT2D eigenvalue weighted by molar-refractivity contribution is -0.384. The molecule has 11 heteroatoms. The van der Waals surface area contributed by atoms with E-state index in [-0.39, 0.29) is 31.1 Å². The van der Waals surface area contributed by atoms with Crippen LogP contribution >= 0.6 is 0 Å². The van der Waals surface area contributed by atoms with Crippen molar-refractivity contribution in [2.75, 3.05) is 26.9 Å². The number of nitro groups is 1. The Balaban J connectivity index is 1.81. The minimum atomic E-state index is -0.947. The molecule has 0 amide bonds. The second-order valence-corrected chi connectivity index (χ2v) is 9.12. The fourth-order valence-electron chi connectivity index (χ4n) is 4.38. The highest BCUT2D eigenvalue weighted by atomic mass is 16.6. The van der Waals surface area contributed by atoms with Gasteiger partial charge in [0, 0.05) is 35.9 Å². The number of esters is 3. The number of hydrogen-bond acceptors (Lipinski definition) is 10. The second-order valence-electron chi connectivity index (χ2n) is 9.12. The molecule has 0 saturated heterocycles. The molecule has 11 nitrogen and oxygen atoms in total. The van der Waals surface area contributed by atoms with Crippen molar-refractivity contribution >= 4 is 29.3 Å². The van der Waals surface area contributed by atoms with E-state index < -0.39 is 34.7 Å². The number of ether oxygens (including phenoxy) is 4. The fourth-order valence-corrected chi connectivity index (χ4v) is 4.38. The Morgan fingerprint density at radius 1 is 1.02 bits per heavy atom. The first-order valence-electron chi connectivity index (χ1n) is 12.8. The molecule has 2 aromatic carbocycles. The smallest absolute Gasteiger partial charge is 0.343 e. The maximum absolute atomic E-state index is 13.4. The molecule has 0 aromatic heterocycles. The summed E-state index contributed by atoms with van der Waals surface area (Å²) in [6.07, 6.45) is 0.999. The van der Waals surface area contributed by atoms with Gasteiger partial charge in [0.2, 0.25) is 0 Å². The van der Waals surface area contributed by atoms with Crippen LogP contribution in [0.4, 0.5) is 5.69 Å². The van der Waals surface area contributed by atoms with E-state index in [4.69, 9.17) is 14.2 Å². The molecule has 2 unspecified atom stereocenters. The van der Waals surface area contributed by atoms with Crippen LogP contribution < -0.4 is 4.74 Å². The van der Waals surface area contributed by atoms with Crippen molar-refractivity contribution < 1.29 is 38.3 Å². The number of rotatable bonds is 12. The molecular formula is C29H32N2O9. The molecule has 0 saturated carbocycles. The SMILES string of the molecule is CCCOC(=O)C1C(C)=NC(C)=C(C(=O)OCCc2ccc(OCC(=O)OC)cc2)C1c1cccc([N+](=O)[O-])c1. The molecule has 3 rings (SSSR count). The standard InChI is InChI=1S/C29H32N2O9/c1-5-14-38-28(33)25-18(2)30-19(3)26(27(25)21-7-6-8-22(16-21)31(35)36)29(34)39-15-13-20-9-11-23(12-10-20)40-17-24(32)37-4/h6-12,16,25,27H,5,13-15,17H2,1-4H3. The van der Waals surface area contributed by atoms with Gasteiger partial charge in [-0.1, -0.05) is 31.2 Å². The van der Waals surface area contributed by atoms with Crippen LogP contribution in [0.15, 0.2) is 64.8 Å². The molecule has 1 heterocycles. The Bertz CT molecular complexity index is 1320. The largest absolute Gasteiger partial charge is 0.482 e. The van der Waals surface area contributed by atoms with Crippen LogP contribution in [0.1, 0.15) is 44.2 Å². The van der Waals surface area contributed by atoms with Crippen LogP contribution in [-0.2, 0) is 35.0 Å². The molecule has 2 atom stereocenters. The summed E-state index contributed by atoms with van der Waals surface area (Å²) in [7, 11) is 1.28. The van der Waals surface area contributed by atoms with Gasteiger partial charge >= 0.3 is 17.9 Å². The van der Waals surface area contributed by atoms with E-state index in [1.54, 1.807) is 44.2 Å². The number of nitro benzene ring substituents is 1. The lowest BCUT2D eigenvalue weighted by Gasteiger charge is -2.31. The zero-order chi connectivity index (χ0) is 29.2. The highest BCUT2D eigenvalue weighted by Gasteiger charge is 2.42. The summed E-state index contributed by atoms with van der Waals surface area (Å²) in [5.41, 5.74) is 2.07. The van der Waals surface area contributed by atoms with E-state index in [1.165, 1.54) is 25.3 Å².